The van der Waals surface area contributed by atoms with Crippen molar-refractivity contribution >= 4 is 28.4 Å². The molecular formula is C29H24N3+. The van der Waals surface area contributed by atoms with Gasteiger partial charge < -0.3 is 5.32 Å². The Morgan fingerprint density at radius 1 is 0.875 bits per heavy atom. The fourth-order valence-corrected chi connectivity index (χ4v) is 4.78. The first kappa shape index (κ1) is 18.8. The van der Waals surface area contributed by atoms with Crippen molar-refractivity contribution in [2.75, 3.05) is 5.32 Å². The molecule has 0 amide bonds. The summed E-state index contributed by atoms with van der Waals surface area (Å²) < 4.78 is 2.36. The highest BCUT2D eigenvalue weighted by molar-refractivity contribution is 5.75. The largest absolute Gasteiger partial charge is 0.378 e. The molecule has 0 bridgehead atoms. The van der Waals surface area contributed by atoms with Crippen molar-refractivity contribution < 1.29 is 4.57 Å². The van der Waals surface area contributed by atoms with Crippen molar-refractivity contribution in [3.63, 3.8) is 0 Å². The lowest BCUT2D eigenvalue weighted by molar-refractivity contribution is -0.583. The molecule has 1 N–H and O–H groups in total. The second-order valence-corrected chi connectivity index (χ2v) is 8.44. The minimum Gasteiger partial charge on any atom is -0.378 e. The van der Waals surface area contributed by atoms with Crippen LogP contribution < -0.4 is 20.6 Å². The van der Waals surface area contributed by atoms with E-state index in [2.05, 4.69) is 120 Å². The number of rotatable bonds is 3. The average Bonchev–Trinajstić information content (AvgIpc) is 2.84. The summed E-state index contributed by atoms with van der Waals surface area (Å²) in [7, 11) is 0. The van der Waals surface area contributed by atoms with Crippen LogP contribution in [0, 0.1) is 12.8 Å². The number of fused-ring (bicyclic) bond motifs is 3. The van der Waals surface area contributed by atoms with Crippen LogP contribution in [0.2, 0.25) is 0 Å². The quantitative estimate of drug-likeness (QED) is 0.514. The van der Waals surface area contributed by atoms with Crippen molar-refractivity contribution in [1.29, 1.82) is 0 Å². The molecule has 4 aromatic rings. The molecule has 3 heteroatoms. The molecule has 0 aliphatic heterocycles. The molecule has 0 fully saturated rings. The number of hydrogen-bond acceptors (Lipinski definition) is 2. The van der Waals surface area contributed by atoms with Gasteiger partial charge >= 0.3 is 0 Å². The van der Waals surface area contributed by atoms with Crippen molar-refractivity contribution in [3.8, 4) is 5.69 Å². The monoisotopic (exact) mass is 414 g/mol. The van der Waals surface area contributed by atoms with Crippen LogP contribution in [-0.2, 0) is 0 Å². The number of benzene rings is 3. The summed E-state index contributed by atoms with van der Waals surface area (Å²) in [6, 6.07) is 27.7. The lowest BCUT2D eigenvalue weighted by Gasteiger charge is -2.28. The number of nitrogens with one attached hydrogen (secondary N) is 1. The predicted molar refractivity (Wildman–Crippen MR) is 131 cm³/mol. The third-order valence-corrected chi connectivity index (χ3v) is 6.27. The molecule has 32 heavy (non-hydrogen) atoms. The van der Waals surface area contributed by atoms with Crippen LogP contribution in [0.1, 0.15) is 5.56 Å². The van der Waals surface area contributed by atoms with Gasteiger partial charge in [0.15, 0.2) is 0 Å². The van der Waals surface area contributed by atoms with Crippen LogP contribution in [0.15, 0.2) is 103 Å². The number of hydrogen-bond donors (Lipinski definition) is 1. The second-order valence-electron chi connectivity index (χ2n) is 8.44. The van der Waals surface area contributed by atoms with Crippen molar-refractivity contribution in [2.45, 2.75) is 13.0 Å². The molecule has 2 aliphatic rings. The summed E-state index contributed by atoms with van der Waals surface area (Å²) in [4.78, 5) is 5.17. The molecule has 0 radical (unpaired) electrons. The zero-order valence-electron chi connectivity index (χ0n) is 17.9. The average molecular weight is 415 g/mol. The van der Waals surface area contributed by atoms with Crippen LogP contribution in [0.3, 0.4) is 0 Å². The van der Waals surface area contributed by atoms with Crippen molar-refractivity contribution in [1.82, 2.24) is 4.98 Å². The molecule has 0 saturated heterocycles. The van der Waals surface area contributed by atoms with Crippen LogP contribution >= 0.6 is 0 Å². The molecule has 2 atom stereocenters. The molecule has 0 saturated carbocycles. The number of aryl methyl sites for hydroxylation is 1. The minimum absolute atomic E-state index is 0.125. The Balaban J connectivity index is 1.70. The summed E-state index contributed by atoms with van der Waals surface area (Å²) in [5, 5.41) is 5.95. The van der Waals surface area contributed by atoms with Crippen molar-refractivity contribution in [2.24, 2.45) is 5.92 Å². The van der Waals surface area contributed by atoms with E-state index in [4.69, 9.17) is 4.98 Å². The molecule has 2 aliphatic carbocycles. The molecule has 3 aromatic carbocycles. The Labute approximate surface area is 187 Å². The van der Waals surface area contributed by atoms with Gasteiger partial charge in [-0.2, -0.15) is 4.57 Å². The number of para-hydroxylation sites is 2. The summed E-state index contributed by atoms with van der Waals surface area (Å²) in [6.45, 7) is 2.14. The second kappa shape index (κ2) is 7.61. The molecule has 1 heterocycles. The van der Waals surface area contributed by atoms with Crippen LogP contribution in [0.4, 0.5) is 5.69 Å². The number of allylic oxidation sites excluding steroid dienone is 3. The minimum atomic E-state index is 0.125. The maximum atomic E-state index is 5.17. The number of aromatic nitrogens is 2. The maximum Gasteiger partial charge on any atom is 0.237 e. The Hall–Kier alpha value is -3.98. The van der Waals surface area contributed by atoms with Crippen LogP contribution in [-0.4, -0.2) is 11.0 Å². The Morgan fingerprint density at radius 2 is 1.66 bits per heavy atom. The van der Waals surface area contributed by atoms with Gasteiger partial charge in [0.25, 0.3) is 0 Å². The molecular weight excluding hydrogens is 390 g/mol. The summed E-state index contributed by atoms with van der Waals surface area (Å²) in [5.74, 6) is 0.229. The van der Waals surface area contributed by atoms with Gasteiger partial charge in [0.1, 0.15) is 10.9 Å². The molecule has 154 valence electrons. The zero-order chi connectivity index (χ0) is 21.5. The molecule has 2 unspecified atom stereocenters. The number of nitrogens with zero attached hydrogens (tertiary/aromatic N) is 2. The van der Waals surface area contributed by atoms with E-state index in [-0.39, 0.29) is 12.0 Å². The predicted octanol–water partition coefficient (Wildman–Crippen LogP) is 3.99. The van der Waals surface area contributed by atoms with E-state index in [0.29, 0.717) is 0 Å². The van der Waals surface area contributed by atoms with E-state index in [1.54, 1.807) is 0 Å². The van der Waals surface area contributed by atoms with Crippen LogP contribution in [0.5, 0.6) is 0 Å². The van der Waals surface area contributed by atoms with Gasteiger partial charge in [-0.25, -0.2) is 4.98 Å². The first-order valence-electron chi connectivity index (χ1n) is 11.1. The van der Waals surface area contributed by atoms with E-state index < -0.39 is 0 Å². The molecule has 3 nitrogen and oxygen atoms in total. The van der Waals surface area contributed by atoms with Gasteiger partial charge in [0, 0.05) is 35.9 Å². The van der Waals surface area contributed by atoms with Gasteiger partial charge in [-0.05, 0) is 36.3 Å². The highest BCUT2D eigenvalue weighted by Crippen LogP contribution is 2.27. The van der Waals surface area contributed by atoms with Crippen molar-refractivity contribution in [3.05, 3.63) is 119 Å². The molecule has 6 rings (SSSR count). The SMILES string of the molecule is Cc1ccc2nc3c([n+](-c4ccccc4)c2c1)=CC(Nc1ccccc1)C1C=CC=CC=31. The van der Waals surface area contributed by atoms with E-state index in [0.717, 1.165) is 33.1 Å². The Morgan fingerprint density at radius 3 is 2.47 bits per heavy atom. The van der Waals surface area contributed by atoms with Gasteiger partial charge in [0.05, 0.1) is 6.04 Å². The lowest BCUT2D eigenvalue weighted by Crippen LogP contribution is -2.60. The summed E-state index contributed by atoms with van der Waals surface area (Å²) in [6.07, 6.45) is 11.1. The topological polar surface area (TPSA) is 28.8 Å². The Kier molecular flexibility index (Phi) is 4.46. The summed E-state index contributed by atoms with van der Waals surface area (Å²) >= 11 is 0. The summed E-state index contributed by atoms with van der Waals surface area (Å²) in [5.41, 5.74) is 6.88. The fourth-order valence-electron chi connectivity index (χ4n) is 4.78. The van der Waals surface area contributed by atoms with E-state index >= 15 is 0 Å². The third-order valence-electron chi connectivity index (χ3n) is 6.27. The fraction of sp³-hybridized carbons (Fsp3) is 0.103. The van der Waals surface area contributed by atoms with Crippen LogP contribution in [0.25, 0.3) is 28.4 Å². The van der Waals surface area contributed by atoms with E-state index in [9.17, 15) is 0 Å². The maximum absolute atomic E-state index is 5.17. The zero-order valence-corrected chi connectivity index (χ0v) is 17.9. The highest BCUT2D eigenvalue weighted by Gasteiger charge is 2.30. The first-order chi connectivity index (χ1) is 15.8. The van der Waals surface area contributed by atoms with E-state index in [1.165, 1.54) is 11.1 Å². The lowest BCUT2D eigenvalue weighted by atomic mass is 9.84. The third kappa shape index (κ3) is 3.14. The Bertz CT molecular complexity index is 1500. The van der Waals surface area contributed by atoms with Gasteiger partial charge in [-0.15, -0.1) is 0 Å². The van der Waals surface area contributed by atoms with Gasteiger partial charge in [-0.1, -0.05) is 66.8 Å². The molecule has 0 spiro atoms. The first-order valence-corrected chi connectivity index (χ1v) is 11.1. The van der Waals surface area contributed by atoms with E-state index in [1.807, 2.05) is 6.07 Å². The highest BCUT2D eigenvalue weighted by atomic mass is 15.0. The molecule has 1 aromatic heterocycles. The smallest absolute Gasteiger partial charge is 0.237 e. The standard InChI is InChI=1S/C29H24N3/c1-20-16-17-25-27(18-20)32(22-12-6-3-7-13-22)28-19-26(30-21-10-4-2-5-11-21)23-14-8-9-15-24(23)29(28)31-25/h2-19,23,26,30H,1H3/q+1. The number of anilines is 1. The van der Waals surface area contributed by atoms with Gasteiger partial charge in [0.2, 0.25) is 16.6 Å². The van der Waals surface area contributed by atoms with Gasteiger partial charge in [-0.3, -0.25) is 0 Å². The normalized spacial score (nSPS) is 18.7.